The van der Waals surface area contributed by atoms with Crippen molar-refractivity contribution < 1.29 is 8.78 Å². The highest BCUT2D eigenvalue weighted by molar-refractivity contribution is 14.0. The van der Waals surface area contributed by atoms with Gasteiger partial charge in [0.15, 0.2) is 5.96 Å². The molecule has 0 amide bonds. The number of halogens is 3. The van der Waals surface area contributed by atoms with Gasteiger partial charge in [-0.1, -0.05) is 18.2 Å². The van der Waals surface area contributed by atoms with Crippen LogP contribution in [0.15, 0.2) is 47.5 Å². The van der Waals surface area contributed by atoms with Crippen molar-refractivity contribution in [1.82, 2.24) is 10.6 Å². The summed E-state index contributed by atoms with van der Waals surface area (Å²) < 4.78 is 27.2. The monoisotopic (exact) mass is 474 g/mol. The molecular formula is C19H25F2IN4. The van der Waals surface area contributed by atoms with Gasteiger partial charge in [-0.3, -0.25) is 0 Å². The molecule has 0 unspecified atom stereocenters. The summed E-state index contributed by atoms with van der Waals surface area (Å²) in [6.45, 7) is 3.47. The van der Waals surface area contributed by atoms with Gasteiger partial charge in [0, 0.05) is 27.2 Å². The van der Waals surface area contributed by atoms with Crippen molar-refractivity contribution in [3.05, 3.63) is 65.2 Å². The van der Waals surface area contributed by atoms with E-state index in [1.807, 2.05) is 19.1 Å². The minimum atomic E-state index is -0.276. The van der Waals surface area contributed by atoms with Gasteiger partial charge in [0.25, 0.3) is 0 Å². The lowest BCUT2D eigenvalue weighted by Gasteiger charge is -2.15. The molecule has 26 heavy (non-hydrogen) atoms. The van der Waals surface area contributed by atoms with Gasteiger partial charge in [0.1, 0.15) is 11.6 Å². The first kappa shape index (κ1) is 22.1. The summed E-state index contributed by atoms with van der Waals surface area (Å²) in [6.07, 6.45) is 0. The number of hydrogen-bond acceptors (Lipinski definition) is 2. The molecular weight excluding hydrogens is 449 g/mol. The highest BCUT2D eigenvalue weighted by Crippen LogP contribution is 2.18. The Labute approximate surface area is 170 Å². The molecule has 0 atom stereocenters. The molecule has 142 valence electrons. The molecule has 0 heterocycles. The molecule has 2 aromatic rings. The number of hydrogen-bond donors (Lipinski definition) is 2. The lowest BCUT2D eigenvalue weighted by molar-refractivity contribution is 0.623. The zero-order valence-corrected chi connectivity index (χ0v) is 17.6. The van der Waals surface area contributed by atoms with E-state index in [0.29, 0.717) is 31.3 Å². The van der Waals surface area contributed by atoms with Crippen LogP contribution in [0, 0.1) is 11.6 Å². The molecule has 0 saturated carbocycles. The Morgan fingerprint density at radius 1 is 1.04 bits per heavy atom. The minimum Gasteiger partial charge on any atom is -0.375 e. The van der Waals surface area contributed by atoms with Crippen LogP contribution in [-0.2, 0) is 13.1 Å². The molecule has 0 spiro atoms. The first-order valence-electron chi connectivity index (χ1n) is 8.22. The normalized spacial score (nSPS) is 10.9. The number of nitrogens with zero attached hydrogens (tertiary/aromatic N) is 2. The molecule has 2 aromatic carbocycles. The Kier molecular flexibility index (Phi) is 9.32. The van der Waals surface area contributed by atoms with Gasteiger partial charge in [-0.05, 0) is 42.3 Å². The zero-order chi connectivity index (χ0) is 18.2. The van der Waals surface area contributed by atoms with Crippen molar-refractivity contribution in [3.8, 4) is 0 Å². The van der Waals surface area contributed by atoms with Gasteiger partial charge in [0.2, 0.25) is 0 Å². The molecule has 4 nitrogen and oxygen atoms in total. The molecule has 0 aromatic heterocycles. The molecule has 0 fully saturated rings. The lowest BCUT2D eigenvalue weighted by atomic mass is 10.2. The number of nitrogens with one attached hydrogen (secondary N) is 2. The Balaban J connectivity index is 0.00000338. The average molecular weight is 474 g/mol. The summed E-state index contributed by atoms with van der Waals surface area (Å²) in [5.41, 5.74) is 2.16. The molecule has 0 aliphatic rings. The number of benzene rings is 2. The predicted octanol–water partition coefficient (Wildman–Crippen LogP) is 3.90. The van der Waals surface area contributed by atoms with E-state index in [-0.39, 0.29) is 35.6 Å². The third kappa shape index (κ3) is 6.78. The van der Waals surface area contributed by atoms with E-state index < -0.39 is 0 Å². The van der Waals surface area contributed by atoms with Crippen molar-refractivity contribution in [2.75, 3.05) is 25.5 Å². The van der Waals surface area contributed by atoms with Crippen molar-refractivity contribution in [1.29, 1.82) is 0 Å². The van der Waals surface area contributed by atoms with Gasteiger partial charge < -0.3 is 15.5 Å². The zero-order valence-electron chi connectivity index (χ0n) is 15.2. The summed E-state index contributed by atoms with van der Waals surface area (Å²) in [7, 11) is 3.61. The van der Waals surface area contributed by atoms with Gasteiger partial charge in [-0.15, -0.1) is 24.0 Å². The van der Waals surface area contributed by atoms with Crippen LogP contribution in [0.3, 0.4) is 0 Å². The molecule has 2 N–H and O–H groups in total. The second-order valence-corrected chi connectivity index (χ2v) is 5.86. The topological polar surface area (TPSA) is 39.7 Å². The Morgan fingerprint density at radius 3 is 2.42 bits per heavy atom. The molecule has 2 rings (SSSR count). The van der Waals surface area contributed by atoms with E-state index in [1.165, 1.54) is 18.2 Å². The summed E-state index contributed by atoms with van der Waals surface area (Å²) in [4.78, 5) is 6.17. The third-order valence-corrected chi connectivity index (χ3v) is 3.61. The van der Waals surface area contributed by atoms with Crippen molar-refractivity contribution in [3.63, 3.8) is 0 Å². The van der Waals surface area contributed by atoms with Crippen LogP contribution in [-0.4, -0.2) is 26.6 Å². The first-order valence-corrected chi connectivity index (χ1v) is 8.22. The Morgan fingerprint density at radius 2 is 1.81 bits per heavy atom. The van der Waals surface area contributed by atoms with E-state index in [0.717, 1.165) is 11.1 Å². The minimum absolute atomic E-state index is 0. The van der Waals surface area contributed by atoms with Gasteiger partial charge >= 0.3 is 0 Å². The van der Waals surface area contributed by atoms with Crippen LogP contribution in [0.2, 0.25) is 0 Å². The van der Waals surface area contributed by atoms with Crippen molar-refractivity contribution in [2.24, 2.45) is 4.99 Å². The number of guanidine groups is 1. The fourth-order valence-corrected chi connectivity index (χ4v) is 2.36. The maximum atomic E-state index is 14.0. The Hall–Kier alpha value is -1.90. The van der Waals surface area contributed by atoms with Gasteiger partial charge in [0.05, 0.1) is 12.2 Å². The van der Waals surface area contributed by atoms with E-state index in [2.05, 4.69) is 15.6 Å². The summed E-state index contributed by atoms with van der Waals surface area (Å²) in [5.74, 6) is 0.0666. The van der Waals surface area contributed by atoms with Crippen molar-refractivity contribution >= 4 is 35.6 Å². The average Bonchev–Trinajstić information content (AvgIpc) is 2.57. The van der Waals surface area contributed by atoms with Crippen LogP contribution in [0.5, 0.6) is 0 Å². The summed E-state index contributed by atoms with van der Waals surface area (Å²) in [6, 6.07) is 11.5. The van der Waals surface area contributed by atoms with Gasteiger partial charge in [-0.2, -0.15) is 0 Å². The highest BCUT2D eigenvalue weighted by atomic mass is 127. The maximum Gasteiger partial charge on any atom is 0.191 e. The van der Waals surface area contributed by atoms with E-state index in [9.17, 15) is 8.78 Å². The van der Waals surface area contributed by atoms with Crippen LogP contribution in [0.4, 0.5) is 14.5 Å². The molecule has 0 saturated heterocycles. The van der Waals surface area contributed by atoms with E-state index in [4.69, 9.17) is 0 Å². The molecule has 0 aliphatic carbocycles. The van der Waals surface area contributed by atoms with E-state index in [1.54, 1.807) is 31.1 Å². The van der Waals surface area contributed by atoms with Crippen molar-refractivity contribution in [2.45, 2.75) is 20.0 Å². The summed E-state index contributed by atoms with van der Waals surface area (Å²) >= 11 is 0. The lowest BCUT2D eigenvalue weighted by Crippen LogP contribution is -2.36. The molecule has 0 bridgehead atoms. The second-order valence-electron chi connectivity index (χ2n) is 5.86. The summed E-state index contributed by atoms with van der Waals surface area (Å²) in [5, 5.41) is 6.29. The Bertz CT molecular complexity index is 735. The largest absolute Gasteiger partial charge is 0.375 e. The second kappa shape index (κ2) is 10.9. The predicted molar refractivity (Wildman–Crippen MR) is 114 cm³/mol. The number of aliphatic imine (C=N–C) groups is 1. The van der Waals surface area contributed by atoms with Crippen LogP contribution in [0.1, 0.15) is 18.1 Å². The van der Waals surface area contributed by atoms with Gasteiger partial charge in [-0.25, -0.2) is 13.8 Å². The molecule has 0 radical (unpaired) electrons. The quantitative estimate of drug-likeness (QED) is 0.379. The maximum absolute atomic E-state index is 14.0. The SMILES string of the molecule is CCNC(=NCc1cccc(F)c1)NCc1ccc(N(C)C)c(F)c1.I. The van der Waals surface area contributed by atoms with Crippen LogP contribution in [0.25, 0.3) is 0 Å². The third-order valence-electron chi connectivity index (χ3n) is 3.61. The van der Waals surface area contributed by atoms with Crippen LogP contribution < -0.4 is 15.5 Å². The smallest absolute Gasteiger partial charge is 0.191 e. The molecule has 7 heteroatoms. The number of anilines is 1. The highest BCUT2D eigenvalue weighted by Gasteiger charge is 2.06. The fraction of sp³-hybridized carbons (Fsp3) is 0.316. The standard InChI is InChI=1S/C19H24F2N4.HI/c1-4-22-19(23-12-14-6-5-7-16(20)10-14)24-13-15-8-9-18(25(2)3)17(21)11-15;/h5-11H,4,12-13H2,1-3H3,(H2,22,23,24);1H. The van der Waals surface area contributed by atoms with Crippen LogP contribution >= 0.6 is 24.0 Å². The first-order chi connectivity index (χ1) is 12.0. The van der Waals surface area contributed by atoms with E-state index >= 15 is 0 Å². The number of rotatable bonds is 6. The molecule has 0 aliphatic heterocycles. The fourth-order valence-electron chi connectivity index (χ4n) is 2.36.